The van der Waals surface area contributed by atoms with Gasteiger partial charge in [-0.05, 0) is 137 Å². The number of H-pyrrole nitrogens is 1. The van der Waals surface area contributed by atoms with Gasteiger partial charge in [-0.25, -0.2) is 9.97 Å². The maximum absolute atomic E-state index is 10.6. The number of aromatic nitrogens is 9. The van der Waals surface area contributed by atoms with Crippen LogP contribution in [-0.4, -0.2) is 39.5 Å². The van der Waals surface area contributed by atoms with Crippen LogP contribution in [0.1, 0.15) is 50.2 Å². The number of imidazole rings is 2. The number of nitrogens with zero attached hydrogens (tertiary/aromatic N) is 8. The van der Waals surface area contributed by atoms with E-state index in [1.807, 2.05) is 113 Å². The topological polar surface area (TPSA) is 125 Å². The summed E-state index contributed by atoms with van der Waals surface area (Å²) in [6.07, 6.45) is 25.5. The fourth-order valence-corrected chi connectivity index (χ4v) is 5.12. The Morgan fingerprint density at radius 2 is 1.00 bits per heavy atom. The Bertz CT molecular complexity index is 2170. The van der Waals surface area contributed by atoms with E-state index < -0.39 is 0 Å². The van der Waals surface area contributed by atoms with Crippen LogP contribution in [-0.2, 0) is 7.05 Å². The number of aryl methyl sites for hydroxylation is 6. The molecular weight excluding hydrogens is 919 g/mol. The molecule has 0 fully saturated rings. The Balaban J connectivity index is 0.000000362. The summed E-state index contributed by atoms with van der Waals surface area (Å²) in [5, 5.41) is 14.1. The lowest BCUT2D eigenvalue weighted by Gasteiger charge is -1.99. The van der Waals surface area contributed by atoms with Crippen molar-refractivity contribution in [2.24, 2.45) is 7.05 Å². The molecule has 334 valence electrons. The van der Waals surface area contributed by atoms with Crippen molar-refractivity contribution >= 4 is 69.6 Å². The largest absolute Gasteiger partial charge is 0.619 e. The van der Waals surface area contributed by atoms with E-state index in [-0.39, 0.29) is 0 Å². The lowest BCUT2D eigenvalue weighted by molar-refractivity contribution is -0.605. The molecule has 0 saturated heterocycles. The van der Waals surface area contributed by atoms with Crippen LogP contribution in [0.25, 0.3) is 0 Å². The molecule has 0 amide bonds. The van der Waals surface area contributed by atoms with Gasteiger partial charge >= 0.3 is 0 Å². The summed E-state index contributed by atoms with van der Waals surface area (Å²) in [5.74, 6) is 0. The first kappa shape index (κ1) is 55.9. The van der Waals surface area contributed by atoms with Crippen molar-refractivity contribution in [3.63, 3.8) is 0 Å². The average Bonchev–Trinajstić information content (AvgIpc) is 3.95. The van der Waals surface area contributed by atoms with Gasteiger partial charge in [0.2, 0.25) is 0 Å². The normalized spacial score (nSPS) is 9.33. The van der Waals surface area contributed by atoms with Gasteiger partial charge in [-0.15, -0.1) is 0 Å². The number of hydrogen-bond acceptors (Lipinski definition) is 7. The van der Waals surface area contributed by atoms with Crippen LogP contribution < -0.4 is 4.73 Å². The number of rotatable bonds is 0. The Kier molecular flexibility index (Phi) is 28.2. The molecule has 0 aliphatic rings. The van der Waals surface area contributed by atoms with Crippen LogP contribution in [0.3, 0.4) is 0 Å². The quantitative estimate of drug-likeness (QED) is 0.118. The summed E-state index contributed by atoms with van der Waals surface area (Å²) < 4.78 is 2.47. The standard InChI is InChI=1S/C8H11N.C7H6Cl2.C6H5Cl2NO.C6H5Cl2N.2C6H7N.2C4H6N2/c1-6-4-9-5-7(2)8(6)3;1-5-6(8)3-2-4-7(5)9;1-4-5(7)2-9(10)3-6(4)8;1-4-5(7)2-9-3-6(4)8;1-6-2-4-7-5-3-6;1-6-3-2-4-7-5-6;1-4-2-5-3-6-4;1-6-3-2-5-4-6/h4-5H,1-3H3;2-4H,1H3;2-3H,1H3;2-3H,1H3;2*2-5H,1H3;2-3H,1H3,(H,5,6);2-4H,1H3. The molecule has 0 atom stereocenters. The zero-order valence-electron chi connectivity index (χ0n) is 37.0. The smallest absolute Gasteiger partial charge is 0.199 e. The third-order valence-electron chi connectivity index (χ3n) is 8.14. The van der Waals surface area contributed by atoms with Gasteiger partial charge in [0.15, 0.2) is 12.4 Å². The van der Waals surface area contributed by atoms with Crippen LogP contribution >= 0.6 is 69.6 Å². The van der Waals surface area contributed by atoms with Gasteiger partial charge in [0.05, 0.1) is 22.7 Å². The molecule has 0 saturated carbocycles. The Morgan fingerprint density at radius 3 is 1.30 bits per heavy atom. The highest BCUT2D eigenvalue weighted by atomic mass is 35.5. The van der Waals surface area contributed by atoms with E-state index in [2.05, 4.69) is 55.7 Å². The van der Waals surface area contributed by atoms with E-state index in [0.717, 1.165) is 32.4 Å². The number of hydrogen-bond donors (Lipinski definition) is 1. The molecule has 16 heteroatoms. The number of aromatic amines is 1. The van der Waals surface area contributed by atoms with Gasteiger partial charge in [0.25, 0.3) is 0 Å². The second-order valence-electron chi connectivity index (χ2n) is 13.4. The molecule has 1 N–H and O–H groups in total. The second kappa shape index (κ2) is 31.7. The Labute approximate surface area is 401 Å². The van der Waals surface area contributed by atoms with Gasteiger partial charge < -0.3 is 14.8 Å². The van der Waals surface area contributed by atoms with E-state index in [9.17, 15) is 5.21 Å². The van der Waals surface area contributed by atoms with Crippen molar-refractivity contribution in [2.45, 2.75) is 62.3 Å². The third kappa shape index (κ3) is 25.0. The predicted molar refractivity (Wildman–Crippen MR) is 263 cm³/mol. The van der Waals surface area contributed by atoms with E-state index in [0.29, 0.717) is 24.8 Å². The van der Waals surface area contributed by atoms with Crippen molar-refractivity contribution in [1.29, 1.82) is 0 Å². The molecule has 0 aliphatic carbocycles. The molecule has 0 unspecified atom stereocenters. The fourth-order valence-electron chi connectivity index (χ4n) is 3.92. The molecule has 10 nitrogen and oxygen atoms in total. The number of benzene rings is 1. The van der Waals surface area contributed by atoms with Gasteiger partial charge in [0, 0.05) is 91.0 Å². The summed E-state index contributed by atoms with van der Waals surface area (Å²) in [6, 6.07) is 13.4. The van der Waals surface area contributed by atoms with E-state index >= 15 is 0 Å². The molecule has 7 heterocycles. The minimum absolute atomic E-state index is 0.391. The van der Waals surface area contributed by atoms with Gasteiger partial charge in [-0.1, -0.05) is 81.7 Å². The van der Waals surface area contributed by atoms with Crippen LogP contribution in [0.4, 0.5) is 0 Å². The highest BCUT2D eigenvalue weighted by Crippen LogP contribution is 2.23. The molecule has 0 radical (unpaired) electrons. The molecule has 1 aromatic carbocycles. The van der Waals surface area contributed by atoms with Crippen molar-refractivity contribution in [3.8, 4) is 0 Å². The van der Waals surface area contributed by atoms with Crippen LogP contribution in [0.2, 0.25) is 30.1 Å². The molecule has 0 spiro atoms. The summed E-state index contributed by atoms with van der Waals surface area (Å²) in [6.45, 7) is 17.8. The molecule has 8 rings (SSSR count). The zero-order valence-corrected chi connectivity index (χ0v) is 41.5. The van der Waals surface area contributed by atoms with E-state index in [1.165, 1.54) is 40.2 Å². The van der Waals surface area contributed by atoms with E-state index in [4.69, 9.17) is 69.6 Å². The predicted octanol–water partition coefficient (Wildman–Crippen LogP) is 13.9. The molecule has 7 aromatic heterocycles. The highest BCUT2D eigenvalue weighted by Gasteiger charge is 2.05. The van der Waals surface area contributed by atoms with Crippen molar-refractivity contribution in [2.75, 3.05) is 0 Å². The number of nitrogens with one attached hydrogen (secondary N) is 1. The van der Waals surface area contributed by atoms with Crippen LogP contribution in [0.5, 0.6) is 0 Å². The summed E-state index contributed by atoms with van der Waals surface area (Å²) in [5.41, 5.74) is 10.0. The minimum Gasteiger partial charge on any atom is -0.619 e. The zero-order chi connectivity index (χ0) is 47.3. The van der Waals surface area contributed by atoms with Crippen LogP contribution in [0, 0.1) is 67.5 Å². The van der Waals surface area contributed by atoms with Gasteiger partial charge in [-0.2, -0.15) is 4.73 Å². The highest BCUT2D eigenvalue weighted by molar-refractivity contribution is 6.36. The number of halogens is 6. The molecule has 0 aliphatic heterocycles. The van der Waals surface area contributed by atoms with Crippen molar-refractivity contribution < 1.29 is 4.73 Å². The van der Waals surface area contributed by atoms with Crippen molar-refractivity contribution in [3.05, 3.63) is 221 Å². The first-order chi connectivity index (χ1) is 29.8. The first-order valence-electron chi connectivity index (χ1n) is 19.0. The maximum Gasteiger partial charge on any atom is 0.199 e. The fraction of sp³-hybridized carbons (Fsp3) is 0.213. The summed E-state index contributed by atoms with van der Waals surface area (Å²) >= 11 is 34.0. The molecular formula is C47H53Cl6N9O. The van der Waals surface area contributed by atoms with Gasteiger partial charge in [0.1, 0.15) is 10.0 Å². The Hall–Kier alpha value is -5.07. The minimum atomic E-state index is 0.391. The summed E-state index contributed by atoms with van der Waals surface area (Å²) in [4.78, 5) is 26.0. The second-order valence-corrected chi connectivity index (χ2v) is 15.9. The SMILES string of the molecule is Cc1c(Cl)c[n+]([O-])cc1Cl.Cc1c(Cl)cccc1Cl.Cc1c(Cl)cncc1Cl.Cc1cccnc1.Cc1ccncc1.Cc1cnc[nH]1.Cc1cncc(C)c1C.Cn1ccnc1. The summed E-state index contributed by atoms with van der Waals surface area (Å²) in [7, 11) is 1.94. The first-order valence-corrected chi connectivity index (χ1v) is 21.3. The van der Waals surface area contributed by atoms with E-state index in [1.54, 1.807) is 63.0 Å². The lowest BCUT2D eigenvalue weighted by atomic mass is 10.1. The van der Waals surface area contributed by atoms with Crippen LogP contribution in [0.15, 0.2) is 136 Å². The molecule has 63 heavy (non-hydrogen) atoms. The average molecular weight is 973 g/mol. The lowest BCUT2D eigenvalue weighted by Crippen LogP contribution is -2.24. The maximum atomic E-state index is 10.6. The molecule has 0 bridgehead atoms. The van der Waals surface area contributed by atoms with Crippen molar-refractivity contribution in [1.82, 2.24) is 39.5 Å². The number of pyridine rings is 5. The monoisotopic (exact) mass is 969 g/mol. The van der Waals surface area contributed by atoms with Gasteiger partial charge in [-0.3, -0.25) is 19.9 Å². The Morgan fingerprint density at radius 1 is 0.476 bits per heavy atom. The molecule has 8 aromatic rings. The third-order valence-corrected chi connectivity index (χ3v) is 10.5.